The van der Waals surface area contributed by atoms with Gasteiger partial charge in [-0.05, 0) is 38.1 Å². The lowest BCUT2D eigenvalue weighted by Crippen LogP contribution is -2.15. The molecule has 0 aliphatic rings. The third-order valence-corrected chi connectivity index (χ3v) is 4.43. The minimum absolute atomic E-state index is 0.124. The molecule has 4 nitrogen and oxygen atoms in total. The van der Waals surface area contributed by atoms with Crippen LogP contribution < -0.4 is 5.32 Å². The zero-order chi connectivity index (χ0) is 15.6. The minimum atomic E-state index is -4.66. The quantitative estimate of drug-likeness (QED) is 0.912. The normalized spacial score (nSPS) is 13.4. The molecule has 0 fully saturated rings. The maximum Gasteiger partial charge on any atom is 0.341 e. The van der Waals surface area contributed by atoms with E-state index in [0.29, 0.717) is 11.5 Å². The first-order valence-electron chi connectivity index (χ1n) is 6.26. The van der Waals surface area contributed by atoms with Crippen molar-refractivity contribution in [2.75, 3.05) is 5.32 Å². The Labute approximate surface area is 121 Å². The molecule has 0 aliphatic carbocycles. The lowest BCUT2D eigenvalue weighted by molar-refractivity contribution is 0.235. The molecule has 1 unspecified atom stereocenters. The summed E-state index contributed by atoms with van der Waals surface area (Å²) in [6.07, 6.45) is 0. The smallest absolute Gasteiger partial charge is 0.341 e. The highest BCUT2D eigenvalue weighted by molar-refractivity contribution is 7.91. The number of furan rings is 1. The van der Waals surface area contributed by atoms with Crippen LogP contribution in [0.25, 0.3) is 0 Å². The number of halogens is 2. The van der Waals surface area contributed by atoms with Crippen LogP contribution in [0.4, 0.5) is 14.5 Å². The van der Waals surface area contributed by atoms with Crippen molar-refractivity contribution < 1.29 is 21.6 Å². The zero-order valence-corrected chi connectivity index (χ0v) is 12.3. The molecule has 114 valence electrons. The monoisotopic (exact) mass is 315 g/mol. The Kier molecular flexibility index (Phi) is 4.32. The summed E-state index contributed by atoms with van der Waals surface area (Å²) in [5, 5.41) is 2.89. The zero-order valence-electron chi connectivity index (χ0n) is 11.5. The predicted octanol–water partition coefficient (Wildman–Crippen LogP) is 3.76. The molecule has 2 aromatic rings. The van der Waals surface area contributed by atoms with Crippen LogP contribution in [-0.2, 0) is 9.84 Å². The van der Waals surface area contributed by atoms with Crippen LogP contribution in [0.3, 0.4) is 0 Å². The van der Waals surface area contributed by atoms with Gasteiger partial charge < -0.3 is 9.73 Å². The summed E-state index contributed by atoms with van der Waals surface area (Å²) in [5.41, 5.74) is 0.124. The largest absolute Gasteiger partial charge is 0.464 e. The molecule has 0 saturated carbocycles. The molecule has 0 aliphatic heterocycles. The van der Waals surface area contributed by atoms with Crippen LogP contribution in [0.1, 0.15) is 24.5 Å². The Morgan fingerprint density at radius 3 is 2.38 bits per heavy atom. The highest BCUT2D eigenvalue weighted by Gasteiger charge is 2.29. The number of hydrogen-bond acceptors (Lipinski definition) is 4. The van der Waals surface area contributed by atoms with E-state index >= 15 is 0 Å². The topological polar surface area (TPSA) is 59.3 Å². The van der Waals surface area contributed by atoms with Crippen molar-refractivity contribution in [3.8, 4) is 0 Å². The second-order valence-electron chi connectivity index (χ2n) is 4.62. The van der Waals surface area contributed by atoms with Crippen LogP contribution in [0.15, 0.2) is 45.7 Å². The van der Waals surface area contributed by atoms with Crippen molar-refractivity contribution in [3.05, 3.63) is 47.9 Å². The maximum atomic E-state index is 12.7. The molecule has 0 radical (unpaired) electrons. The van der Waals surface area contributed by atoms with Gasteiger partial charge in [0.1, 0.15) is 11.5 Å². The van der Waals surface area contributed by atoms with Crippen molar-refractivity contribution in [1.82, 2.24) is 0 Å². The first-order valence-corrected chi connectivity index (χ1v) is 7.81. The van der Waals surface area contributed by atoms with Gasteiger partial charge in [-0.1, -0.05) is 12.1 Å². The molecule has 0 bridgehead atoms. The summed E-state index contributed by atoms with van der Waals surface area (Å²) in [6, 6.07) is 8.75. The van der Waals surface area contributed by atoms with Gasteiger partial charge in [0.05, 0.1) is 16.6 Å². The number of anilines is 1. The van der Waals surface area contributed by atoms with Crippen molar-refractivity contribution in [2.45, 2.75) is 30.5 Å². The number of rotatable bonds is 5. The Morgan fingerprint density at radius 2 is 1.81 bits per heavy atom. The highest BCUT2D eigenvalue weighted by atomic mass is 32.2. The molecule has 0 amide bonds. The predicted molar refractivity (Wildman–Crippen MR) is 75.1 cm³/mol. The number of alkyl halides is 2. The Balaban J connectivity index is 2.33. The van der Waals surface area contributed by atoms with Crippen LogP contribution in [0.5, 0.6) is 0 Å². The van der Waals surface area contributed by atoms with Crippen molar-refractivity contribution in [2.24, 2.45) is 0 Å². The van der Waals surface area contributed by atoms with E-state index in [1.54, 1.807) is 32.0 Å². The lowest BCUT2D eigenvalue weighted by Gasteiger charge is -2.16. The third kappa shape index (κ3) is 3.24. The van der Waals surface area contributed by atoms with E-state index in [-0.39, 0.29) is 11.7 Å². The molecule has 1 N–H and O–H groups in total. The van der Waals surface area contributed by atoms with E-state index in [1.807, 2.05) is 0 Å². The van der Waals surface area contributed by atoms with Crippen LogP contribution >= 0.6 is 0 Å². The Morgan fingerprint density at radius 1 is 1.14 bits per heavy atom. The summed E-state index contributed by atoms with van der Waals surface area (Å²) < 4.78 is 54.2. The number of sulfone groups is 1. The average Bonchev–Trinajstić information content (AvgIpc) is 2.86. The van der Waals surface area contributed by atoms with E-state index in [1.165, 1.54) is 12.1 Å². The minimum Gasteiger partial charge on any atom is -0.464 e. The van der Waals surface area contributed by atoms with Gasteiger partial charge in [0, 0.05) is 0 Å². The molecule has 21 heavy (non-hydrogen) atoms. The summed E-state index contributed by atoms with van der Waals surface area (Å²) in [6.45, 7) is 3.54. The number of para-hydroxylation sites is 1. The fourth-order valence-electron chi connectivity index (χ4n) is 1.92. The van der Waals surface area contributed by atoms with Gasteiger partial charge in [-0.25, -0.2) is 8.42 Å². The second-order valence-corrected chi connectivity index (χ2v) is 6.50. The fraction of sp³-hybridized carbons (Fsp3) is 0.286. The van der Waals surface area contributed by atoms with E-state index < -0.39 is 20.5 Å². The lowest BCUT2D eigenvalue weighted by atomic mass is 10.2. The standard InChI is InChI=1S/C14H15F2NO3S/c1-9-7-8-12(20-9)10(2)17-11-5-3-4-6-13(11)21(18,19)14(15)16/h3-8,10,14,17H,1-2H3. The Bertz CT molecular complexity index is 725. The molecule has 7 heteroatoms. The molecule has 2 rings (SSSR count). The van der Waals surface area contributed by atoms with E-state index in [4.69, 9.17) is 4.42 Å². The molecule has 1 atom stereocenters. The average molecular weight is 315 g/mol. The van der Waals surface area contributed by atoms with Crippen molar-refractivity contribution in [3.63, 3.8) is 0 Å². The van der Waals surface area contributed by atoms with E-state index in [2.05, 4.69) is 5.32 Å². The molecule has 0 spiro atoms. The Hall–Kier alpha value is -1.89. The molecular formula is C14H15F2NO3S. The summed E-state index contributed by atoms with van der Waals surface area (Å²) in [5.74, 6) is -2.15. The number of benzene rings is 1. The molecule has 1 aromatic heterocycles. The third-order valence-electron chi connectivity index (χ3n) is 2.99. The maximum absolute atomic E-state index is 12.7. The van der Waals surface area contributed by atoms with Crippen molar-refractivity contribution in [1.29, 1.82) is 0 Å². The van der Waals surface area contributed by atoms with Crippen LogP contribution in [0.2, 0.25) is 0 Å². The summed E-state index contributed by atoms with van der Waals surface area (Å²) >= 11 is 0. The molecule has 1 heterocycles. The van der Waals surface area contributed by atoms with E-state index in [9.17, 15) is 17.2 Å². The van der Waals surface area contributed by atoms with Gasteiger partial charge >= 0.3 is 5.76 Å². The van der Waals surface area contributed by atoms with Crippen LogP contribution in [0, 0.1) is 6.92 Å². The van der Waals surface area contributed by atoms with Gasteiger partial charge in [-0.3, -0.25) is 0 Å². The first-order chi connectivity index (χ1) is 9.82. The van der Waals surface area contributed by atoms with Gasteiger partial charge in [-0.15, -0.1) is 0 Å². The second kappa shape index (κ2) is 5.85. The van der Waals surface area contributed by atoms with Gasteiger partial charge in [-0.2, -0.15) is 8.78 Å². The summed E-state index contributed by atoms with van der Waals surface area (Å²) in [4.78, 5) is -0.421. The molecule has 0 saturated heterocycles. The fourth-order valence-corrected chi connectivity index (χ4v) is 2.81. The summed E-state index contributed by atoms with van der Waals surface area (Å²) in [7, 11) is -4.66. The number of nitrogens with one attached hydrogen (secondary N) is 1. The molecule has 1 aromatic carbocycles. The molecular weight excluding hydrogens is 300 g/mol. The SMILES string of the molecule is Cc1ccc(C(C)Nc2ccccc2S(=O)(=O)C(F)F)o1. The van der Waals surface area contributed by atoms with Crippen molar-refractivity contribution >= 4 is 15.5 Å². The van der Waals surface area contributed by atoms with Gasteiger partial charge in [0.15, 0.2) is 0 Å². The van der Waals surface area contributed by atoms with Crippen LogP contribution in [-0.4, -0.2) is 14.2 Å². The number of aryl methyl sites for hydroxylation is 1. The van der Waals surface area contributed by atoms with Gasteiger partial charge in [0.2, 0.25) is 9.84 Å². The van der Waals surface area contributed by atoms with E-state index in [0.717, 1.165) is 6.07 Å². The number of hydrogen-bond donors (Lipinski definition) is 1. The van der Waals surface area contributed by atoms with Gasteiger partial charge in [0.25, 0.3) is 0 Å². The first kappa shape index (κ1) is 15.5. The highest BCUT2D eigenvalue weighted by Crippen LogP contribution is 2.29.